The largest absolute Gasteiger partial charge is 0.488 e. The smallest absolute Gasteiger partial charge is 0.433 e. The molecule has 6 heterocycles. The zero-order valence-corrected chi connectivity index (χ0v) is 20.9. The van der Waals surface area contributed by atoms with Gasteiger partial charge in [0.15, 0.2) is 5.82 Å². The quantitative estimate of drug-likeness (QED) is 0.389. The number of aryl methyl sites for hydroxylation is 1. The minimum atomic E-state index is -4.52. The number of morpholine rings is 1. The molecule has 198 valence electrons. The molecule has 2 aliphatic heterocycles. The van der Waals surface area contributed by atoms with Crippen molar-refractivity contribution in [2.75, 3.05) is 25.6 Å². The van der Waals surface area contributed by atoms with E-state index in [1.165, 1.54) is 12.1 Å². The van der Waals surface area contributed by atoms with Crippen LogP contribution in [0.5, 0.6) is 5.75 Å². The lowest BCUT2D eigenvalue weighted by Gasteiger charge is -2.46. The minimum absolute atomic E-state index is 0.0668. The molecule has 0 radical (unpaired) electrons. The van der Waals surface area contributed by atoms with Gasteiger partial charge in [-0.1, -0.05) is 6.07 Å². The molecule has 0 spiro atoms. The van der Waals surface area contributed by atoms with E-state index in [-0.39, 0.29) is 11.9 Å². The highest BCUT2D eigenvalue weighted by Crippen LogP contribution is 2.35. The summed E-state index contributed by atoms with van der Waals surface area (Å²) in [6.45, 7) is 3.37. The maximum atomic E-state index is 13.0. The Bertz CT molecular complexity index is 1460. The predicted octanol–water partition coefficient (Wildman–Crippen LogP) is 5.10. The van der Waals surface area contributed by atoms with Gasteiger partial charge < -0.3 is 14.8 Å². The van der Waals surface area contributed by atoms with Crippen LogP contribution in [-0.4, -0.2) is 62.9 Å². The Morgan fingerprint density at radius 3 is 2.61 bits per heavy atom. The van der Waals surface area contributed by atoms with E-state index in [0.29, 0.717) is 17.9 Å². The number of piperidine rings is 1. The van der Waals surface area contributed by atoms with Crippen molar-refractivity contribution in [1.29, 1.82) is 0 Å². The maximum Gasteiger partial charge on any atom is 0.433 e. The van der Waals surface area contributed by atoms with E-state index in [1.54, 1.807) is 16.8 Å². The first kappa shape index (κ1) is 24.6. The Morgan fingerprint density at radius 1 is 1.05 bits per heavy atom. The fourth-order valence-corrected chi connectivity index (χ4v) is 5.20. The zero-order valence-electron chi connectivity index (χ0n) is 20.9. The standard InChI is InChI=1S/C27H27F3N6O2/c1-16-8-22(23(13-31-16)38-21-10-19-14-37-15-20(11-21)35(19)2)17-6-7-36-18(9-17)12-26(34-36)33-25-5-3-4-24(32-25)27(28,29)30/h3-9,12-13,19-21H,10-11,14-15H2,1-2H3,(H,32,33,34)/t19-,20+,21?. The first-order valence-corrected chi connectivity index (χ1v) is 12.5. The summed E-state index contributed by atoms with van der Waals surface area (Å²) >= 11 is 0. The summed E-state index contributed by atoms with van der Waals surface area (Å²) < 4.78 is 53.0. The second-order valence-electron chi connectivity index (χ2n) is 9.89. The van der Waals surface area contributed by atoms with Crippen LogP contribution in [0.3, 0.4) is 0 Å². The number of rotatable bonds is 5. The topological polar surface area (TPSA) is 76.8 Å². The number of nitrogens with one attached hydrogen (secondary N) is 1. The molecule has 1 N–H and O–H groups in total. The Labute approximate surface area is 217 Å². The van der Waals surface area contributed by atoms with Crippen LogP contribution in [0.1, 0.15) is 24.2 Å². The molecule has 4 aromatic rings. The van der Waals surface area contributed by atoms with Crippen molar-refractivity contribution in [1.82, 2.24) is 24.5 Å². The van der Waals surface area contributed by atoms with Crippen LogP contribution in [0.2, 0.25) is 0 Å². The fourth-order valence-electron chi connectivity index (χ4n) is 5.20. The van der Waals surface area contributed by atoms with E-state index < -0.39 is 11.9 Å². The van der Waals surface area contributed by atoms with Crippen LogP contribution in [0, 0.1) is 6.92 Å². The van der Waals surface area contributed by atoms with E-state index in [1.807, 2.05) is 31.3 Å². The third-order valence-corrected chi connectivity index (χ3v) is 7.21. The highest BCUT2D eigenvalue weighted by atomic mass is 19.4. The molecule has 2 fully saturated rings. The van der Waals surface area contributed by atoms with Crippen molar-refractivity contribution < 1.29 is 22.6 Å². The van der Waals surface area contributed by atoms with Gasteiger partial charge in [-0.15, -0.1) is 0 Å². The lowest BCUT2D eigenvalue weighted by atomic mass is 9.92. The summed E-state index contributed by atoms with van der Waals surface area (Å²) in [4.78, 5) is 10.5. The molecular formula is C27H27F3N6O2. The Morgan fingerprint density at radius 2 is 1.84 bits per heavy atom. The van der Waals surface area contributed by atoms with Gasteiger partial charge in [0.2, 0.25) is 0 Å². The average molecular weight is 525 g/mol. The van der Waals surface area contributed by atoms with E-state index in [2.05, 4.69) is 32.3 Å². The second-order valence-corrected chi connectivity index (χ2v) is 9.89. The Hall–Kier alpha value is -3.70. The second kappa shape index (κ2) is 9.55. The summed E-state index contributed by atoms with van der Waals surface area (Å²) in [5, 5.41) is 7.30. The number of hydrogen-bond acceptors (Lipinski definition) is 7. The van der Waals surface area contributed by atoms with Gasteiger partial charge in [-0.05, 0) is 49.9 Å². The van der Waals surface area contributed by atoms with Crippen molar-refractivity contribution in [2.45, 2.75) is 44.1 Å². The lowest BCUT2D eigenvalue weighted by Crippen LogP contribution is -2.57. The van der Waals surface area contributed by atoms with Gasteiger partial charge in [-0.25, -0.2) is 9.50 Å². The number of halogens is 3. The maximum absolute atomic E-state index is 13.0. The number of hydrogen-bond donors (Lipinski definition) is 1. The molecule has 4 aromatic heterocycles. The summed E-state index contributed by atoms with van der Waals surface area (Å²) in [6, 6.07) is 12.1. The van der Waals surface area contributed by atoms with Gasteiger partial charge in [0.25, 0.3) is 0 Å². The molecule has 2 bridgehead atoms. The molecule has 0 amide bonds. The van der Waals surface area contributed by atoms with Gasteiger partial charge in [0, 0.05) is 48.4 Å². The number of fused-ring (bicyclic) bond motifs is 3. The molecule has 8 nitrogen and oxygen atoms in total. The number of nitrogens with zero attached hydrogens (tertiary/aromatic N) is 5. The first-order chi connectivity index (χ1) is 18.2. The third-order valence-electron chi connectivity index (χ3n) is 7.21. The zero-order chi connectivity index (χ0) is 26.4. The number of alkyl halides is 3. The van der Waals surface area contributed by atoms with Gasteiger partial charge >= 0.3 is 6.18 Å². The van der Waals surface area contributed by atoms with Crippen LogP contribution >= 0.6 is 0 Å². The molecular weight excluding hydrogens is 497 g/mol. The SMILES string of the molecule is Cc1cc(-c2ccn3nc(Nc4cccc(C(F)(F)F)n4)cc3c2)c(OC2C[C@H]3COC[C@@H](C2)N3C)cn1. The molecule has 38 heavy (non-hydrogen) atoms. The fraction of sp³-hybridized carbons (Fsp3) is 0.370. The Kier molecular flexibility index (Phi) is 6.19. The first-order valence-electron chi connectivity index (χ1n) is 12.5. The monoisotopic (exact) mass is 524 g/mol. The molecule has 2 aliphatic rings. The lowest BCUT2D eigenvalue weighted by molar-refractivity contribution is -0.141. The molecule has 0 aromatic carbocycles. The summed E-state index contributed by atoms with van der Waals surface area (Å²) in [5.74, 6) is 1.17. The van der Waals surface area contributed by atoms with E-state index in [0.717, 1.165) is 60.2 Å². The van der Waals surface area contributed by atoms with Crippen molar-refractivity contribution in [2.24, 2.45) is 0 Å². The molecule has 1 unspecified atom stereocenters. The van der Waals surface area contributed by atoms with Crippen molar-refractivity contribution >= 4 is 17.2 Å². The number of likely N-dealkylation sites (N-methyl/N-ethyl adjacent to an activating group) is 1. The van der Waals surface area contributed by atoms with Crippen LogP contribution in [0.15, 0.2) is 54.9 Å². The van der Waals surface area contributed by atoms with Gasteiger partial charge in [-0.3, -0.25) is 9.88 Å². The highest BCUT2D eigenvalue weighted by molar-refractivity contribution is 5.75. The predicted molar refractivity (Wildman–Crippen MR) is 135 cm³/mol. The van der Waals surface area contributed by atoms with Crippen LogP contribution in [0.4, 0.5) is 24.8 Å². The third kappa shape index (κ3) is 4.91. The van der Waals surface area contributed by atoms with Gasteiger partial charge in [-0.2, -0.15) is 18.3 Å². The van der Waals surface area contributed by atoms with E-state index in [9.17, 15) is 13.2 Å². The van der Waals surface area contributed by atoms with Crippen LogP contribution in [0.25, 0.3) is 16.6 Å². The van der Waals surface area contributed by atoms with Gasteiger partial charge in [0.1, 0.15) is 23.4 Å². The number of aromatic nitrogens is 4. The molecule has 0 saturated carbocycles. The van der Waals surface area contributed by atoms with E-state index >= 15 is 0 Å². The molecule has 2 saturated heterocycles. The number of ether oxygens (including phenoxy) is 2. The highest BCUT2D eigenvalue weighted by Gasteiger charge is 2.38. The summed E-state index contributed by atoms with van der Waals surface area (Å²) in [7, 11) is 2.15. The minimum Gasteiger partial charge on any atom is -0.488 e. The normalized spacial score (nSPS) is 22.0. The number of anilines is 2. The molecule has 6 rings (SSSR count). The Balaban J connectivity index is 1.26. The average Bonchev–Trinajstić information content (AvgIpc) is 3.27. The van der Waals surface area contributed by atoms with E-state index in [4.69, 9.17) is 9.47 Å². The van der Waals surface area contributed by atoms with Crippen molar-refractivity contribution in [3.05, 3.63) is 66.2 Å². The van der Waals surface area contributed by atoms with Crippen molar-refractivity contribution in [3.8, 4) is 16.9 Å². The summed E-state index contributed by atoms with van der Waals surface area (Å²) in [5.41, 5.74) is 2.53. The molecule has 11 heteroatoms. The van der Waals surface area contributed by atoms with Crippen molar-refractivity contribution in [3.63, 3.8) is 0 Å². The summed E-state index contributed by atoms with van der Waals surface area (Å²) in [6.07, 6.45) is 0.923. The number of pyridine rings is 3. The molecule has 3 atom stereocenters. The van der Waals surface area contributed by atoms with Crippen LogP contribution in [-0.2, 0) is 10.9 Å². The molecule has 0 aliphatic carbocycles. The van der Waals surface area contributed by atoms with Crippen LogP contribution < -0.4 is 10.1 Å². The van der Waals surface area contributed by atoms with Gasteiger partial charge in [0.05, 0.1) is 24.9 Å².